The quantitative estimate of drug-likeness (QED) is 0.822. The van der Waals surface area contributed by atoms with Gasteiger partial charge in [0.05, 0.1) is 0 Å². The number of benzene rings is 1. The molecule has 0 aromatic heterocycles. The third kappa shape index (κ3) is 4.07. The van der Waals surface area contributed by atoms with Gasteiger partial charge in [0.25, 0.3) is 0 Å². The van der Waals surface area contributed by atoms with Gasteiger partial charge in [0.15, 0.2) is 0 Å². The number of carbonyl (C=O) groups is 1. The van der Waals surface area contributed by atoms with Gasteiger partial charge in [-0.25, -0.2) is 4.79 Å². The Hall–Kier alpha value is -1.55. The first-order valence-electron chi connectivity index (χ1n) is 6.00. The molecule has 0 saturated carbocycles. The molecule has 0 aliphatic heterocycles. The number of hydrogen-bond acceptors (Lipinski definition) is 2. The molecule has 0 aliphatic rings. The maximum atomic E-state index is 11.8. The van der Waals surface area contributed by atoms with E-state index in [2.05, 4.69) is 10.6 Å². The van der Waals surface area contributed by atoms with Crippen LogP contribution in [0, 0.1) is 0 Å². The average Bonchev–Trinajstić information content (AvgIpc) is 2.31. The van der Waals surface area contributed by atoms with Crippen molar-refractivity contribution in [1.29, 1.82) is 0 Å². The lowest BCUT2D eigenvalue weighted by Crippen LogP contribution is -2.34. The van der Waals surface area contributed by atoms with Crippen molar-refractivity contribution < 1.29 is 4.79 Å². The Morgan fingerprint density at radius 2 is 2.00 bits per heavy atom. The number of anilines is 1. The molecule has 0 unspecified atom stereocenters. The van der Waals surface area contributed by atoms with E-state index >= 15 is 0 Å². The molecule has 1 aromatic rings. The van der Waals surface area contributed by atoms with Crippen molar-refractivity contribution in [2.24, 2.45) is 0 Å². The van der Waals surface area contributed by atoms with Crippen LogP contribution in [0.4, 0.5) is 10.5 Å². The molecule has 94 valence electrons. The fourth-order valence-corrected chi connectivity index (χ4v) is 1.68. The van der Waals surface area contributed by atoms with E-state index < -0.39 is 0 Å². The highest BCUT2D eigenvalue weighted by atomic mass is 16.2. The first-order chi connectivity index (χ1) is 8.21. The van der Waals surface area contributed by atoms with Crippen LogP contribution in [0.25, 0.3) is 0 Å². The summed E-state index contributed by atoms with van der Waals surface area (Å²) < 4.78 is 0. The van der Waals surface area contributed by atoms with Crippen LogP contribution in [0.5, 0.6) is 0 Å². The molecule has 1 aromatic carbocycles. The Kier molecular flexibility index (Phi) is 5.49. The summed E-state index contributed by atoms with van der Waals surface area (Å²) in [5, 5.41) is 5.99. The minimum absolute atomic E-state index is 0.0448. The molecule has 2 N–H and O–H groups in total. The molecular weight excluding hydrogens is 214 g/mol. The van der Waals surface area contributed by atoms with E-state index in [-0.39, 0.29) is 6.03 Å². The van der Waals surface area contributed by atoms with E-state index in [1.54, 1.807) is 4.90 Å². The van der Waals surface area contributed by atoms with Crippen molar-refractivity contribution in [3.63, 3.8) is 0 Å². The molecule has 1 rings (SSSR count). The van der Waals surface area contributed by atoms with Crippen molar-refractivity contribution >= 4 is 11.7 Å². The van der Waals surface area contributed by atoms with E-state index in [1.807, 2.05) is 45.2 Å². The summed E-state index contributed by atoms with van der Waals surface area (Å²) in [6.07, 6.45) is 0. The van der Waals surface area contributed by atoms with E-state index in [0.29, 0.717) is 0 Å². The predicted molar refractivity (Wildman–Crippen MR) is 71.1 cm³/mol. The first kappa shape index (κ1) is 13.5. The van der Waals surface area contributed by atoms with Crippen LogP contribution in [0.2, 0.25) is 0 Å². The number of rotatable bonds is 5. The van der Waals surface area contributed by atoms with Gasteiger partial charge in [-0.15, -0.1) is 0 Å². The van der Waals surface area contributed by atoms with E-state index in [9.17, 15) is 4.79 Å². The highest BCUT2D eigenvalue weighted by Gasteiger charge is 2.08. The monoisotopic (exact) mass is 235 g/mol. The van der Waals surface area contributed by atoms with Crippen LogP contribution in [0.3, 0.4) is 0 Å². The smallest absolute Gasteiger partial charge is 0.321 e. The fraction of sp³-hybridized carbons (Fsp3) is 0.462. The first-order valence-corrected chi connectivity index (χ1v) is 6.00. The number of urea groups is 1. The molecule has 2 amide bonds. The standard InChI is InChI=1S/C13H21N3O/c1-4-16(5-2)13(17)15-12-8-6-7-11(9-12)10-14-3/h6-9,14H,4-5,10H2,1-3H3,(H,15,17). The van der Waals surface area contributed by atoms with Crippen LogP contribution in [-0.2, 0) is 6.54 Å². The minimum Gasteiger partial charge on any atom is -0.325 e. The zero-order chi connectivity index (χ0) is 12.7. The van der Waals surface area contributed by atoms with Gasteiger partial charge in [-0.05, 0) is 38.6 Å². The van der Waals surface area contributed by atoms with Gasteiger partial charge in [0.1, 0.15) is 0 Å². The zero-order valence-corrected chi connectivity index (χ0v) is 10.8. The maximum absolute atomic E-state index is 11.8. The van der Waals surface area contributed by atoms with E-state index in [4.69, 9.17) is 0 Å². The Morgan fingerprint density at radius 3 is 2.59 bits per heavy atom. The summed E-state index contributed by atoms with van der Waals surface area (Å²) in [4.78, 5) is 13.6. The van der Waals surface area contributed by atoms with Crippen molar-refractivity contribution in [2.75, 3.05) is 25.5 Å². The molecule has 0 fully saturated rings. The zero-order valence-electron chi connectivity index (χ0n) is 10.8. The molecule has 0 bridgehead atoms. The van der Waals surface area contributed by atoms with Gasteiger partial charge in [0.2, 0.25) is 0 Å². The topological polar surface area (TPSA) is 44.4 Å². The Balaban J connectivity index is 2.67. The maximum Gasteiger partial charge on any atom is 0.321 e. The molecular formula is C13H21N3O. The van der Waals surface area contributed by atoms with Gasteiger partial charge in [0, 0.05) is 25.3 Å². The van der Waals surface area contributed by atoms with Crippen molar-refractivity contribution in [3.8, 4) is 0 Å². The largest absolute Gasteiger partial charge is 0.325 e. The highest BCUT2D eigenvalue weighted by molar-refractivity contribution is 5.89. The summed E-state index contributed by atoms with van der Waals surface area (Å²) >= 11 is 0. The van der Waals surface area contributed by atoms with Gasteiger partial charge in [-0.2, -0.15) is 0 Å². The molecule has 0 heterocycles. The number of carbonyl (C=O) groups excluding carboxylic acids is 1. The average molecular weight is 235 g/mol. The van der Waals surface area contributed by atoms with Crippen LogP contribution >= 0.6 is 0 Å². The second-order valence-electron chi connectivity index (χ2n) is 3.83. The summed E-state index contributed by atoms with van der Waals surface area (Å²) in [7, 11) is 1.90. The van der Waals surface area contributed by atoms with Gasteiger partial charge in [-0.1, -0.05) is 12.1 Å². The molecule has 0 saturated heterocycles. The molecule has 0 radical (unpaired) electrons. The molecule has 4 nitrogen and oxygen atoms in total. The Labute approximate surface area is 103 Å². The van der Waals surface area contributed by atoms with Gasteiger partial charge >= 0.3 is 6.03 Å². The van der Waals surface area contributed by atoms with Gasteiger partial charge in [-0.3, -0.25) is 0 Å². The number of nitrogens with zero attached hydrogens (tertiary/aromatic N) is 1. The lowest BCUT2D eigenvalue weighted by atomic mass is 10.2. The summed E-state index contributed by atoms with van der Waals surface area (Å²) in [6, 6.07) is 7.82. The Morgan fingerprint density at radius 1 is 1.29 bits per heavy atom. The second-order valence-corrected chi connectivity index (χ2v) is 3.83. The van der Waals surface area contributed by atoms with Gasteiger partial charge < -0.3 is 15.5 Å². The molecule has 4 heteroatoms. The van der Waals surface area contributed by atoms with Crippen molar-refractivity contribution in [2.45, 2.75) is 20.4 Å². The minimum atomic E-state index is -0.0448. The molecule has 17 heavy (non-hydrogen) atoms. The van der Waals surface area contributed by atoms with E-state index in [0.717, 1.165) is 30.9 Å². The van der Waals surface area contributed by atoms with Crippen LogP contribution < -0.4 is 10.6 Å². The number of hydrogen-bond donors (Lipinski definition) is 2. The van der Waals surface area contributed by atoms with Crippen LogP contribution in [0.1, 0.15) is 19.4 Å². The Bertz CT molecular complexity index is 361. The number of amides is 2. The number of nitrogens with one attached hydrogen (secondary N) is 2. The predicted octanol–water partition coefficient (Wildman–Crippen LogP) is 2.28. The normalized spacial score (nSPS) is 10.1. The summed E-state index contributed by atoms with van der Waals surface area (Å²) in [5.74, 6) is 0. The van der Waals surface area contributed by atoms with Crippen molar-refractivity contribution in [1.82, 2.24) is 10.2 Å². The lowest BCUT2D eigenvalue weighted by Gasteiger charge is -2.19. The summed E-state index contributed by atoms with van der Waals surface area (Å²) in [5.41, 5.74) is 2.00. The van der Waals surface area contributed by atoms with Crippen LogP contribution in [0.15, 0.2) is 24.3 Å². The summed E-state index contributed by atoms with van der Waals surface area (Å²) in [6.45, 7) is 6.19. The molecule has 0 aliphatic carbocycles. The lowest BCUT2D eigenvalue weighted by molar-refractivity contribution is 0.217. The third-order valence-electron chi connectivity index (χ3n) is 2.61. The van der Waals surface area contributed by atoms with Crippen molar-refractivity contribution in [3.05, 3.63) is 29.8 Å². The SMILES string of the molecule is CCN(CC)C(=O)Nc1cccc(CNC)c1. The highest BCUT2D eigenvalue weighted by Crippen LogP contribution is 2.11. The fourth-order valence-electron chi connectivity index (χ4n) is 1.68. The molecule has 0 atom stereocenters. The molecule has 0 spiro atoms. The van der Waals surface area contributed by atoms with E-state index in [1.165, 1.54) is 0 Å². The van der Waals surface area contributed by atoms with Crippen LogP contribution in [-0.4, -0.2) is 31.1 Å². The third-order valence-corrected chi connectivity index (χ3v) is 2.61. The second kappa shape index (κ2) is 6.91.